The van der Waals surface area contributed by atoms with Gasteiger partial charge in [-0.15, -0.1) is 0 Å². The molecule has 0 aliphatic heterocycles. The molecule has 22 heavy (non-hydrogen) atoms. The van der Waals surface area contributed by atoms with Gasteiger partial charge in [-0.2, -0.15) is 10.2 Å². The molecule has 4 nitrogen and oxygen atoms in total. The number of rotatable bonds is 7. The first-order chi connectivity index (χ1) is 10.4. The summed E-state index contributed by atoms with van der Waals surface area (Å²) < 4.78 is 6.91. The van der Waals surface area contributed by atoms with E-state index >= 15 is 0 Å². The van der Waals surface area contributed by atoms with Crippen molar-refractivity contribution in [2.24, 2.45) is 0 Å². The summed E-state index contributed by atoms with van der Waals surface area (Å²) in [5.41, 5.74) is 4.90. The monoisotopic (exact) mass is 526 g/mol. The maximum Gasteiger partial charge on any atom is 0.0729 e. The second-order valence-electron chi connectivity index (χ2n) is 5.83. The number of nitrogens with zero attached hydrogens (tertiary/aromatic N) is 4. The topological polar surface area (TPSA) is 35.6 Å². The van der Waals surface area contributed by atoms with Crippen molar-refractivity contribution in [2.45, 2.75) is 66.5 Å². The molecule has 2 aromatic heterocycles. The summed E-state index contributed by atoms with van der Waals surface area (Å²) in [5, 5.41) is 9.19. The van der Waals surface area contributed by atoms with Crippen molar-refractivity contribution < 1.29 is 0 Å². The molecule has 2 aromatic rings. The molecule has 0 atom stereocenters. The lowest BCUT2D eigenvalue weighted by atomic mass is 10.2. The van der Waals surface area contributed by atoms with Gasteiger partial charge in [-0.25, -0.2) is 0 Å². The minimum atomic E-state index is 1.04. The van der Waals surface area contributed by atoms with E-state index in [1.165, 1.54) is 44.2 Å². The first kappa shape index (κ1) is 18.2. The van der Waals surface area contributed by atoms with Crippen molar-refractivity contribution in [3.8, 4) is 0 Å². The van der Waals surface area contributed by atoms with E-state index in [0.29, 0.717) is 0 Å². The molecule has 0 aliphatic carbocycles. The third-order valence-corrected chi connectivity index (χ3v) is 7.20. The van der Waals surface area contributed by atoms with Gasteiger partial charge in [-0.05, 0) is 85.7 Å². The summed E-state index contributed by atoms with van der Waals surface area (Å²) in [6, 6.07) is 0. The molecule has 0 amide bonds. The van der Waals surface area contributed by atoms with Crippen molar-refractivity contribution in [1.82, 2.24) is 19.6 Å². The molecule has 0 fully saturated rings. The molecular weight excluding hydrogens is 502 g/mol. The SMILES string of the molecule is Cc1nn(CCCCCCn2nc(C)c(I)c2C)c(C)c1I. The van der Waals surface area contributed by atoms with E-state index < -0.39 is 0 Å². The van der Waals surface area contributed by atoms with Crippen LogP contribution in [-0.4, -0.2) is 19.6 Å². The van der Waals surface area contributed by atoms with Crippen LogP contribution < -0.4 is 0 Å². The molecular formula is C16H24I2N4. The van der Waals surface area contributed by atoms with E-state index in [2.05, 4.69) is 92.4 Å². The van der Waals surface area contributed by atoms with Crippen LogP contribution in [-0.2, 0) is 13.1 Å². The highest BCUT2D eigenvalue weighted by molar-refractivity contribution is 14.1. The van der Waals surface area contributed by atoms with Gasteiger partial charge in [0.15, 0.2) is 0 Å². The predicted octanol–water partition coefficient (Wildman–Crippen LogP) is 4.78. The Kier molecular flexibility index (Phi) is 6.73. The van der Waals surface area contributed by atoms with Crippen molar-refractivity contribution in [3.63, 3.8) is 0 Å². The zero-order valence-electron chi connectivity index (χ0n) is 13.8. The first-order valence-electron chi connectivity index (χ1n) is 7.80. The normalized spacial score (nSPS) is 11.4. The van der Waals surface area contributed by atoms with Crippen LogP contribution in [0, 0.1) is 34.8 Å². The van der Waals surface area contributed by atoms with Crippen molar-refractivity contribution in [1.29, 1.82) is 0 Å². The minimum Gasteiger partial charge on any atom is -0.269 e. The van der Waals surface area contributed by atoms with Crippen LogP contribution in [0.3, 0.4) is 0 Å². The lowest BCUT2D eigenvalue weighted by Gasteiger charge is -2.06. The van der Waals surface area contributed by atoms with Crippen molar-refractivity contribution in [3.05, 3.63) is 29.9 Å². The number of halogens is 2. The summed E-state index contributed by atoms with van der Waals surface area (Å²) in [6.07, 6.45) is 4.91. The van der Waals surface area contributed by atoms with Crippen LogP contribution in [0.1, 0.15) is 48.5 Å². The molecule has 0 radical (unpaired) electrons. The molecule has 122 valence electrons. The van der Waals surface area contributed by atoms with E-state index in [1.807, 2.05) is 0 Å². The Balaban J connectivity index is 1.69. The van der Waals surface area contributed by atoms with Crippen LogP contribution in [0.2, 0.25) is 0 Å². The Hall–Kier alpha value is -0.120. The third kappa shape index (κ3) is 4.24. The Morgan fingerprint density at radius 2 is 1.05 bits per heavy atom. The molecule has 2 heterocycles. The van der Waals surface area contributed by atoms with E-state index in [0.717, 1.165) is 24.5 Å². The van der Waals surface area contributed by atoms with Gasteiger partial charge in [0.25, 0.3) is 0 Å². The van der Waals surface area contributed by atoms with Gasteiger partial charge in [0.2, 0.25) is 0 Å². The Labute approximate surface area is 160 Å². The van der Waals surface area contributed by atoms with E-state index in [4.69, 9.17) is 0 Å². The highest BCUT2D eigenvalue weighted by Crippen LogP contribution is 2.17. The van der Waals surface area contributed by atoms with Crippen molar-refractivity contribution in [2.75, 3.05) is 0 Å². The highest BCUT2D eigenvalue weighted by atomic mass is 127. The quantitative estimate of drug-likeness (QED) is 0.385. The maximum absolute atomic E-state index is 4.59. The standard InChI is InChI=1S/C16H24I2N4/c1-11-15(17)13(3)21(19-11)9-7-5-6-8-10-22-14(4)16(18)12(2)20-22/h5-10H2,1-4H3. The van der Waals surface area contributed by atoms with E-state index in [9.17, 15) is 0 Å². The lowest BCUT2D eigenvalue weighted by Crippen LogP contribution is -2.04. The summed E-state index contributed by atoms with van der Waals surface area (Å²) in [6.45, 7) is 10.6. The Morgan fingerprint density at radius 3 is 1.32 bits per heavy atom. The van der Waals surface area contributed by atoms with Gasteiger partial charge >= 0.3 is 0 Å². The van der Waals surface area contributed by atoms with E-state index in [1.54, 1.807) is 0 Å². The summed E-state index contributed by atoms with van der Waals surface area (Å²) in [7, 11) is 0. The minimum absolute atomic E-state index is 1.04. The Morgan fingerprint density at radius 1 is 0.682 bits per heavy atom. The fourth-order valence-corrected chi connectivity index (χ4v) is 3.43. The molecule has 2 rings (SSSR count). The molecule has 0 N–H and O–H groups in total. The van der Waals surface area contributed by atoms with Gasteiger partial charge in [-0.1, -0.05) is 12.8 Å². The smallest absolute Gasteiger partial charge is 0.0729 e. The van der Waals surface area contributed by atoms with Crippen molar-refractivity contribution >= 4 is 45.2 Å². The maximum atomic E-state index is 4.59. The van der Waals surface area contributed by atoms with Gasteiger partial charge in [0, 0.05) is 24.5 Å². The summed E-state index contributed by atoms with van der Waals surface area (Å²) in [5.74, 6) is 0. The molecule has 0 aromatic carbocycles. The average Bonchev–Trinajstić information content (AvgIpc) is 2.88. The second kappa shape index (κ2) is 8.12. The largest absolute Gasteiger partial charge is 0.269 e. The van der Waals surface area contributed by atoms with Crippen LogP contribution in [0.4, 0.5) is 0 Å². The molecule has 0 aliphatic rings. The first-order valence-corrected chi connectivity index (χ1v) is 9.96. The number of aryl methyl sites for hydroxylation is 4. The Bertz CT molecular complexity index is 587. The number of unbranched alkanes of at least 4 members (excludes halogenated alkanes) is 3. The third-order valence-electron chi connectivity index (χ3n) is 4.08. The van der Waals surface area contributed by atoms with Gasteiger partial charge < -0.3 is 0 Å². The molecule has 6 heteroatoms. The van der Waals surface area contributed by atoms with Gasteiger partial charge in [-0.3, -0.25) is 9.36 Å². The van der Waals surface area contributed by atoms with Crippen LogP contribution in [0.5, 0.6) is 0 Å². The molecule has 0 saturated heterocycles. The zero-order valence-corrected chi connectivity index (χ0v) is 18.1. The van der Waals surface area contributed by atoms with E-state index in [-0.39, 0.29) is 0 Å². The zero-order chi connectivity index (χ0) is 16.3. The van der Waals surface area contributed by atoms with Crippen LogP contribution >= 0.6 is 45.2 Å². The second-order valence-corrected chi connectivity index (χ2v) is 7.99. The van der Waals surface area contributed by atoms with Crippen LogP contribution in [0.25, 0.3) is 0 Å². The fourth-order valence-electron chi connectivity index (χ4n) is 2.66. The number of hydrogen-bond acceptors (Lipinski definition) is 2. The lowest BCUT2D eigenvalue weighted by molar-refractivity contribution is 0.491. The summed E-state index contributed by atoms with van der Waals surface area (Å²) >= 11 is 4.77. The predicted molar refractivity (Wildman–Crippen MR) is 107 cm³/mol. The van der Waals surface area contributed by atoms with Crippen LogP contribution in [0.15, 0.2) is 0 Å². The van der Waals surface area contributed by atoms with Gasteiger partial charge in [0.1, 0.15) is 0 Å². The molecule has 0 unspecified atom stereocenters. The fraction of sp³-hybridized carbons (Fsp3) is 0.625. The number of aromatic nitrogens is 4. The molecule has 0 saturated carbocycles. The average molecular weight is 526 g/mol. The number of hydrogen-bond donors (Lipinski definition) is 0. The highest BCUT2D eigenvalue weighted by Gasteiger charge is 2.09. The van der Waals surface area contributed by atoms with Gasteiger partial charge in [0.05, 0.1) is 18.5 Å². The molecule has 0 spiro atoms. The summed E-state index contributed by atoms with van der Waals surface area (Å²) in [4.78, 5) is 0. The molecule has 0 bridgehead atoms.